The van der Waals surface area contributed by atoms with Crippen LogP contribution in [0.4, 0.5) is 0 Å². The second-order valence-corrected chi connectivity index (χ2v) is 8.91. The lowest BCUT2D eigenvalue weighted by Crippen LogP contribution is -2.32. The van der Waals surface area contributed by atoms with Gasteiger partial charge < -0.3 is 10.1 Å². The van der Waals surface area contributed by atoms with Gasteiger partial charge in [-0.3, -0.25) is 4.79 Å². The Balaban J connectivity index is 2.17. The molecule has 0 aliphatic carbocycles. The van der Waals surface area contributed by atoms with E-state index >= 15 is 0 Å². The van der Waals surface area contributed by atoms with Gasteiger partial charge in [0.15, 0.2) is 0 Å². The molecule has 1 aromatic rings. The third-order valence-electron chi connectivity index (χ3n) is 4.92. The third kappa shape index (κ3) is 5.94. The molecule has 1 aromatic carbocycles. The topological polar surface area (TPSA) is 75.7 Å². The van der Waals surface area contributed by atoms with Crippen molar-refractivity contribution in [1.29, 1.82) is 0 Å². The van der Waals surface area contributed by atoms with Gasteiger partial charge in [-0.15, -0.1) is 0 Å². The van der Waals surface area contributed by atoms with E-state index in [0.717, 1.165) is 51.4 Å². The molecule has 0 bridgehead atoms. The summed E-state index contributed by atoms with van der Waals surface area (Å²) in [4.78, 5) is 12.5. The number of rotatable bonds is 9. The second-order valence-electron chi connectivity index (χ2n) is 7.00. The van der Waals surface area contributed by atoms with E-state index in [0.29, 0.717) is 25.2 Å². The Morgan fingerprint density at radius 3 is 2.44 bits per heavy atom. The van der Waals surface area contributed by atoms with E-state index in [1.165, 1.54) is 17.5 Å². The Labute approximate surface area is 163 Å². The number of methoxy groups -OCH3 is 1. The van der Waals surface area contributed by atoms with Crippen molar-refractivity contribution in [2.75, 3.05) is 26.7 Å². The summed E-state index contributed by atoms with van der Waals surface area (Å²) in [6.07, 6.45) is 8.11. The summed E-state index contributed by atoms with van der Waals surface area (Å²) in [6.45, 7) is 3.76. The van der Waals surface area contributed by atoms with E-state index in [9.17, 15) is 13.2 Å². The number of ether oxygens (including phenoxy) is 1. The van der Waals surface area contributed by atoms with Crippen LogP contribution in [0, 0.1) is 0 Å². The van der Waals surface area contributed by atoms with E-state index in [1.54, 1.807) is 12.1 Å². The van der Waals surface area contributed by atoms with Crippen LogP contribution in [-0.2, 0) is 10.0 Å². The van der Waals surface area contributed by atoms with Crippen molar-refractivity contribution in [1.82, 2.24) is 9.62 Å². The van der Waals surface area contributed by atoms with Crippen LogP contribution < -0.4 is 10.1 Å². The highest BCUT2D eigenvalue weighted by atomic mass is 32.2. The van der Waals surface area contributed by atoms with Crippen molar-refractivity contribution < 1.29 is 17.9 Å². The van der Waals surface area contributed by atoms with Crippen LogP contribution >= 0.6 is 0 Å². The first-order valence-electron chi connectivity index (χ1n) is 9.97. The number of nitrogens with one attached hydrogen (secondary N) is 1. The van der Waals surface area contributed by atoms with Crippen molar-refractivity contribution in [3.8, 4) is 5.75 Å². The zero-order chi connectivity index (χ0) is 19.7. The summed E-state index contributed by atoms with van der Waals surface area (Å²) in [6, 6.07) is 4.62. The van der Waals surface area contributed by atoms with Gasteiger partial charge in [-0.1, -0.05) is 39.0 Å². The minimum atomic E-state index is -3.69. The SMILES string of the molecule is CCCCCCNC(=O)c1ccc(OC)c(S(=O)(=O)N2CCCCCC2)c1. The average molecular weight is 397 g/mol. The van der Waals surface area contributed by atoms with Crippen molar-refractivity contribution in [3.63, 3.8) is 0 Å². The highest BCUT2D eigenvalue weighted by Gasteiger charge is 2.29. The normalized spacial score (nSPS) is 15.9. The maximum absolute atomic E-state index is 13.1. The predicted molar refractivity (Wildman–Crippen MR) is 107 cm³/mol. The lowest BCUT2D eigenvalue weighted by molar-refractivity contribution is 0.0952. The lowest BCUT2D eigenvalue weighted by Gasteiger charge is -2.21. The molecule has 152 valence electrons. The standard InChI is InChI=1S/C20H32N2O4S/c1-3-4-5-8-13-21-20(23)17-11-12-18(26-2)19(16-17)27(24,25)22-14-9-6-7-10-15-22/h11-12,16H,3-10,13-15H2,1-2H3,(H,21,23). The molecular formula is C20H32N2O4S. The minimum absolute atomic E-state index is 0.0746. The largest absolute Gasteiger partial charge is 0.495 e. The van der Waals surface area contributed by atoms with Crippen LogP contribution in [0.1, 0.15) is 68.6 Å². The van der Waals surface area contributed by atoms with E-state index in [2.05, 4.69) is 12.2 Å². The second kappa shape index (κ2) is 10.7. The molecule has 0 aromatic heterocycles. The predicted octanol–water partition coefficient (Wildman–Crippen LogP) is 3.57. The van der Waals surface area contributed by atoms with Gasteiger partial charge in [-0.25, -0.2) is 8.42 Å². The Morgan fingerprint density at radius 2 is 1.81 bits per heavy atom. The summed E-state index contributed by atoms with van der Waals surface area (Å²) < 4.78 is 33.1. The first-order chi connectivity index (χ1) is 13.0. The van der Waals surface area contributed by atoms with E-state index in [-0.39, 0.29) is 16.6 Å². The fourth-order valence-electron chi connectivity index (χ4n) is 3.30. The summed E-state index contributed by atoms with van der Waals surface area (Å²) in [5.41, 5.74) is 0.347. The van der Waals surface area contributed by atoms with Gasteiger partial charge in [0.2, 0.25) is 10.0 Å². The fourth-order valence-corrected chi connectivity index (χ4v) is 4.99. The number of amides is 1. The molecule has 6 nitrogen and oxygen atoms in total. The fraction of sp³-hybridized carbons (Fsp3) is 0.650. The summed E-state index contributed by atoms with van der Waals surface area (Å²) in [5, 5.41) is 2.88. The van der Waals surface area contributed by atoms with Gasteiger partial charge in [0.1, 0.15) is 10.6 Å². The van der Waals surface area contributed by atoms with Gasteiger partial charge in [0.05, 0.1) is 7.11 Å². The molecule has 0 saturated carbocycles. The van der Waals surface area contributed by atoms with Crippen molar-refractivity contribution >= 4 is 15.9 Å². The number of sulfonamides is 1. The van der Waals surface area contributed by atoms with Crippen LogP contribution in [0.3, 0.4) is 0 Å². The molecule has 1 heterocycles. The van der Waals surface area contributed by atoms with Crippen LogP contribution in [0.5, 0.6) is 5.75 Å². The van der Waals surface area contributed by atoms with Crippen molar-refractivity contribution in [3.05, 3.63) is 23.8 Å². The van der Waals surface area contributed by atoms with Crippen molar-refractivity contribution in [2.45, 2.75) is 63.2 Å². The highest BCUT2D eigenvalue weighted by molar-refractivity contribution is 7.89. The molecule has 0 spiro atoms. The molecule has 1 N–H and O–H groups in total. The molecule has 1 fully saturated rings. The lowest BCUT2D eigenvalue weighted by atomic mass is 10.2. The Hall–Kier alpha value is -1.60. The molecule has 1 aliphatic heterocycles. The van der Waals surface area contributed by atoms with Crippen LogP contribution in [0.25, 0.3) is 0 Å². The zero-order valence-corrected chi connectivity index (χ0v) is 17.3. The first-order valence-corrected chi connectivity index (χ1v) is 11.4. The number of benzene rings is 1. The average Bonchev–Trinajstić information content (AvgIpc) is 2.97. The number of nitrogens with zero attached hydrogens (tertiary/aromatic N) is 1. The van der Waals surface area contributed by atoms with Gasteiger partial charge >= 0.3 is 0 Å². The molecular weight excluding hydrogens is 364 g/mol. The Kier molecular flexibility index (Phi) is 8.57. The van der Waals surface area contributed by atoms with Crippen LogP contribution in [-0.4, -0.2) is 45.4 Å². The number of carbonyl (C=O) groups excluding carboxylic acids is 1. The van der Waals surface area contributed by atoms with Gasteiger partial charge in [0.25, 0.3) is 5.91 Å². The smallest absolute Gasteiger partial charge is 0.251 e. The number of carbonyl (C=O) groups is 1. The third-order valence-corrected chi connectivity index (χ3v) is 6.84. The van der Waals surface area contributed by atoms with Crippen LogP contribution in [0.15, 0.2) is 23.1 Å². The maximum Gasteiger partial charge on any atom is 0.251 e. The van der Waals surface area contributed by atoms with E-state index in [4.69, 9.17) is 4.74 Å². The molecule has 0 radical (unpaired) electrons. The highest BCUT2D eigenvalue weighted by Crippen LogP contribution is 2.29. The summed E-state index contributed by atoms with van der Waals surface area (Å²) in [7, 11) is -2.24. The zero-order valence-electron chi connectivity index (χ0n) is 16.5. The summed E-state index contributed by atoms with van der Waals surface area (Å²) >= 11 is 0. The summed E-state index contributed by atoms with van der Waals surface area (Å²) in [5.74, 6) is 0.0280. The van der Waals surface area contributed by atoms with Crippen molar-refractivity contribution in [2.24, 2.45) is 0 Å². The molecule has 2 rings (SSSR count). The Morgan fingerprint density at radius 1 is 1.11 bits per heavy atom. The quantitative estimate of drug-likeness (QED) is 0.648. The molecule has 0 atom stereocenters. The Bertz CT molecular complexity index is 711. The van der Waals surface area contributed by atoms with Gasteiger partial charge in [-0.2, -0.15) is 4.31 Å². The van der Waals surface area contributed by atoms with Gasteiger partial charge in [-0.05, 0) is 37.5 Å². The van der Waals surface area contributed by atoms with Crippen LogP contribution in [0.2, 0.25) is 0 Å². The molecule has 0 unspecified atom stereocenters. The molecule has 1 amide bonds. The number of unbranched alkanes of at least 4 members (excludes halogenated alkanes) is 3. The monoisotopic (exact) mass is 396 g/mol. The van der Waals surface area contributed by atoms with E-state index < -0.39 is 10.0 Å². The molecule has 1 saturated heterocycles. The van der Waals surface area contributed by atoms with E-state index in [1.807, 2.05) is 0 Å². The molecule has 1 aliphatic rings. The number of hydrogen-bond acceptors (Lipinski definition) is 4. The minimum Gasteiger partial charge on any atom is -0.495 e. The number of hydrogen-bond donors (Lipinski definition) is 1. The first kappa shape index (κ1) is 21.7. The molecule has 27 heavy (non-hydrogen) atoms. The van der Waals surface area contributed by atoms with Gasteiger partial charge in [0, 0.05) is 25.2 Å². The maximum atomic E-state index is 13.1. The molecule has 7 heteroatoms.